The van der Waals surface area contributed by atoms with Crippen LogP contribution in [0.3, 0.4) is 0 Å². The summed E-state index contributed by atoms with van der Waals surface area (Å²) < 4.78 is 2.36. The second kappa shape index (κ2) is 7.14. The molecule has 5 atom stereocenters. The average Bonchev–Trinajstić information content (AvgIpc) is 2.87. The van der Waals surface area contributed by atoms with Crippen LogP contribution in [0.2, 0.25) is 0 Å². The molecule has 0 aromatic carbocycles. The summed E-state index contributed by atoms with van der Waals surface area (Å²) in [4.78, 5) is 32.2. The number of amides is 3. The third kappa shape index (κ3) is 4.21. The first-order valence-corrected chi connectivity index (χ1v) is 8.55. The van der Waals surface area contributed by atoms with Gasteiger partial charge in [-0.05, 0) is 30.1 Å². The molecule has 2 saturated heterocycles. The second-order valence-corrected chi connectivity index (χ2v) is 7.97. The Labute approximate surface area is 139 Å². The van der Waals surface area contributed by atoms with E-state index >= 15 is 0 Å². The van der Waals surface area contributed by atoms with Crippen molar-refractivity contribution in [3.63, 3.8) is 0 Å². The maximum Gasteiger partial charge on any atom is 0.240 e. The van der Waals surface area contributed by atoms with Gasteiger partial charge in [-0.3, -0.25) is 19.1 Å². The molecule has 1 saturated carbocycles. The van der Waals surface area contributed by atoms with Crippen LogP contribution in [0, 0.1) is 23.2 Å². The highest BCUT2D eigenvalue weighted by molar-refractivity contribution is 7.13. The van der Waals surface area contributed by atoms with Gasteiger partial charge >= 0.3 is 0 Å². The van der Waals surface area contributed by atoms with Crippen LogP contribution in [-0.4, -0.2) is 48.6 Å². The highest BCUT2D eigenvalue weighted by atomic mass is 31.0. The number of carbonyl (C=O) groups excluding carboxylic acids is 3. The van der Waals surface area contributed by atoms with E-state index < -0.39 is 11.9 Å². The van der Waals surface area contributed by atoms with Gasteiger partial charge < -0.3 is 16.4 Å². The van der Waals surface area contributed by atoms with E-state index in [0.29, 0.717) is 24.8 Å². The van der Waals surface area contributed by atoms with Crippen molar-refractivity contribution >= 4 is 27.6 Å². The van der Waals surface area contributed by atoms with E-state index in [1.165, 1.54) is 13.1 Å². The number of primary amides is 1. The third-order valence-corrected chi connectivity index (χ3v) is 5.87. The number of nitrogens with two attached hydrogens (primary N) is 1. The summed E-state index contributed by atoms with van der Waals surface area (Å²) >= 11 is 0. The van der Waals surface area contributed by atoms with Crippen LogP contribution in [0.4, 0.5) is 0 Å². The molecule has 8 heteroatoms. The molecule has 3 rings (SSSR count). The van der Waals surface area contributed by atoms with Crippen LogP contribution in [0.25, 0.3) is 0 Å². The molecule has 0 bridgehead atoms. The van der Waals surface area contributed by atoms with Crippen molar-refractivity contribution in [3.8, 4) is 0 Å². The number of hydrogen-bond acceptors (Lipinski definition) is 4. The summed E-state index contributed by atoms with van der Waals surface area (Å²) in [7, 11) is 2.79. The predicted octanol–water partition coefficient (Wildman–Crippen LogP) is -0.523. The topological polar surface area (TPSA) is 105 Å². The van der Waals surface area contributed by atoms with Gasteiger partial charge in [0.1, 0.15) is 6.04 Å². The third-order valence-electron chi connectivity index (χ3n) is 5.45. The minimum absolute atomic E-state index is 0.0797. The Morgan fingerprint density at radius 3 is 2.52 bits per heavy atom. The zero-order valence-electron chi connectivity index (χ0n) is 13.7. The van der Waals surface area contributed by atoms with Crippen LogP contribution < -0.4 is 16.4 Å². The molecule has 4 unspecified atom stereocenters. The molecule has 0 spiro atoms. The summed E-state index contributed by atoms with van der Waals surface area (Å²) in [5, 5.41) is 4.94. The molecular formula is C15H27N4O3P. The van der Waals surface area contributed by atoms with Crippen LogP contribution in [0.15, 0.2) is 0 Å². The molecule has 7 nitrogen and oxygen atoms in total. The SMILES string of the molecule is CC1(C)C2CN(P)CC21.NC(=O)[C@H](CC1CCNC1=O)NC=O. The number of piperidine rings is 1. The van der Waals surface area contributed by atoms with E-state index in [2.05, 4.69) is 38.5 Å². The van der Waals surface area contributed by atoms with Crippen molar-refractivity contribution in [2.75, 3.05) is 19.6 Å². The minimum Gasteiger partial charge on any atom is -0.368 e. The molecule has 2 heterocycles. The lowest BCUT2D eigenvalue weighted by molar-refractivity contribution is -0.125. The first-order chi connectivity index (χ1) is 10.8. The molecule has 23 heavy (non-hydrogen) atoms. The lowest BCUT2D eigenvalue weighted by Crippen LogP contribution is -2.42. The Hall–Kier alpha value is -1.20. The maximum absolute atomic E-state index is 11.2. The van der Waals surface area contributed by atoms with E-state index in [0.717, 1.165) is 11.8 Å². The standard InChI is InChI=1S/C8H13N3O3.C7H14NP/c9-7(13)6(11-4-12)3-5-1-2-10-8(5)14;1-7(2)5-3-8(9)4-6(5)7/h4-6H,1-3H2,(H2,9,13)(H,10,14)(H,11,12);5-6H,3-4,9H2,1-2H3/t5?,6-;/m0./s1. The monoisotopic (exact) mass is 342 g/mol. The fourth-order valence-electron chi connectivity index (χ4n) is 3.67. The zero-order valence-corrected chi connectivity index (χ0v) is 14.9. The fourth-order valence-corrected chi connectivity index (χ4v) is 4.12. The highest BCUT2D eigenvalue weighted by Crippen LogP contribution is 2.62. The quantitative estimate of drug-likeness (QED) is 0.462. The van der Waals surface area contributed by atoms with Crippen molar-refractivity contribution in [2.24, 2.45) is 28.9 Å². The summed E-state index contributed by atoms with van der Waals surface area (Å²) in [6.07, 6.45) is 1.38. The molecule has 0 aromatic heterocycles. The Balaban J connectivity index is 0.000000182. The van der Waals surface area contributed by atoms with Crippen LogP contribution >= 0.6 is 9.39 Å². The van der Waals surface area contributed by atoms with Crippen molar-refractivity contribution in [3.05, 3.63) is 0 Å². The van der Waals surface area contributed by atoms with Crippen LogP contribution in [0.1, 0.15) is 26.7 Å². The Morgan fingerprint density at radius 1 is 1.52 bits per heavy atom. The summed E-state index contributed by atoms with van der Waals surface area (Å²) in [6, 6.07) is -0.749. The highest BCUT2D eigenvalue weighted by Gasteiger charge is 2.61. The second-order valence-electron chi connectivity index (χ2n) is 7.24. The predicted molar refractivity (Wildman–Crippen MR) is 90.0 cm³/mol. The van der Waals surface area contributed by atoms with Gasteiger partial charge in [-0.2, -0.15) is 0 Å². The molecule has 2 aliphatic heterocycles. The summed E-state index contributed by atoms with van der Waals surface area (Å²) in [6.45, 7) is 8.01. The van der Waals surface area contributed by atoms with Crippen molar-refractivity contribution in [2.45, 2.75) is 32.7 Å². The smallest absolute Gasteiger partial charge is 0.240 e. The number of hydrogen-bond donors (Lipinski definition) is 3. The van der Waals surface area contributed by atoms with E-state index in [-0.39, 0.29) is 18.2 Å². The van der Waals surface area contributed by atoms with Crippen molar-refractivity contribution in [1.29, 1.82) is 0 Å². The van der Waals surface area contributed by atoms with E-state index in [1.807, 2.05) is 0 Å². The van der Waals surface area contributed by atoms with E-state index in [9.17, 15) is 14.4 Å². The van der Waals surface area contributed by atoms with Crippen LogP contribution in [0.5, 0.6) is 0 Å². The molecule has 130 valence electrons. The van der Waals surface area contributed by atoms with Gasteiger partial charge in [0.2, 0.25) is 18.2 Å². The van der Waals surface area contributed by atoms with Crippen molar-refractivity contribution < 1.29 is 14.4 Å². The van der Waals surface area contributed by atoms with E-state index in [4.69, 9.17) is 5.73 Å². The van der Waals surface area contributed by atoms with Gasteiger partial charge in [-0.25, -0.2) is 0 Å². The molecular weight excluding hydrogens is 315 g/mol. The Morgan fingerprint density at radius 2 is 2.13 bits per heavy atom. The lowest BCUT2D eigenvalue weighted by Gasteiger charge is -2.15. The van der Waals surface area contributed by atoms with Gasteiger partial charge in [-0.1, -0.05) is 23.2 Å². The summed E-state index contributed by atoms with van der Waals surface area (Å²) in [5.41, 5.74) is 5.74. The Kier molecular flexibility index (Phi) is 5.63. The van der Waals surface area contributed by atoms with Gasteiger partial charge in [0, 0.05) is 25.6 Å². The largest absolute Gasteiger partial charge is 0.368 e. The first kappa shape index (κ1) is 18.1. The molecule has 0 aromatic rings. The normalized spacial score (nSPS) is 32.1. The van der Waals surface area contributed by atoms with E-state index in [1.54, 1.807) is 0 Å². The lowest BCUT2D eigenvalue weighted by atomic mass is 9.98. The zero-order chi connectivity index (χ0) is 17.2. The molecule has 1 aliphatic carbocycles. The van der Waals surface area contributed by atoms with Gasteiger partial charge in [0.15, 0.2) is 0 Å². The van der Waals surface area contributed by atoms with Gasteiger partial charge in [0.25, 0.3) is 0 Å². The minimum atomic E-state index is -0.749. The fraction of sp³-hybridized carbons (Fsp3) is 0.800. The average molecular weight is 342 g/mol. The molecule has 3 amide bonds. The van der Waals surface area contributed by atoms with Crippen LogP contribution in [-0.2, 0) is 14.4 Å². The number of nitrogens with one attached hydrogen (secondary N) is 2. The number of nitrogens with zero attached hydrogens (tertiary/aromatic N) is 1. The molecule has 4 N–H and O–H groups in total. The van der Waals surface area contributed by atoms with Gasteiger partial charge in [-0.15, -0.1) is 0 Å². The maximum atomic E-state index is 11.2. The molecule has 0 radical (unpaired) electrons. The molecule has 3 aliphatic rings. The van der Waals surface area contributed by atoms with Gasteiger partial charge in [0.05, 0.1) is 0 Å². The molecule has 3 fully saturated rings. The summed E-state index contributed by atoms with van der Waals surface area (Å²) in [5.74, 6) is 1.10. The number of rotatable bonds is 5. The number of fused-ring (bicyclic) bond motifs is 1. The first-order valence-electron chi connectivity index (χ1n) is 8.03. The Bertz CT molecular complexity index is 471. The van der Waals surface area contributed by atoms with Crippen molar-refractivity contribution in [1.82, 2.24) is 15.3 Å². The number of carbonyl (C=O) groups is 3.